The van der Waals surface area contributed by atoms with Gasteiger partial charge >= 0.3 is 11.9 Å². The maximum absolute atomic E-state index is 11.6. The van der Waals surface area contributed by atoms with Crippen LogP contribution in [0.1, 0.15) is 34.1 Å². The molecule has 0 aliphatic carbocycles. The van der Waals surface area contributed by atoms with Crippen LogP contribution in [0.5, 0.6) is 0 Å². The van der Waals surface area contributed by atoms with Crippen LogP contribution in [0.25, 0.3) is 0 Å². The zero-order valence-electron chi connectivity index (χ0n) is 11.3. The number of aliphatic hydroxyl groups is 1. The molecule has 0 radical (unpaired) electrons. The fourth-order valence-corrected chi connectivity index (χ4v) is 1.65. The number of ether oxygens (including phenoxy) is 2. The van der Waals surface area contributed by atoms with Crippen LogP contribution in [0.3, 0.4) is 0 Å². The van der Waals surface area contributed by atoms with Crippen LogP contribution in [-0.4, -0.2) is 35.9 Å². The van der Waals surface area contributed by atoms with Crippen LogP contribution in [0.4, 0.5) is 0 Å². The van der Waals surface area contributed by atoms with Gasteiger partial charge in [-0.15, -0.1) is 0 Å². The predicted molar refractivity (Wildman–Crippen MR) is 64.7 cm³/mol. The minimum Gasteiger partial charge on any atom is -0.461 e. The lowest BCUT2D eigenvalue weighted by molar-refractivity contribution is -0.168. The van der Waals surface area contributed by atoms with E-state index in [4.69, 9.17) is 9.47 Å². The lowest BCUT2D eigenvalue weighted by Crippen LogP contribution is -2.39. The minimum atomic E-state index is -1.12. The molecule has 0 aromatic carbocycles. The van der Waals surface area contributed by atoms with Crippen LogP contribution >= 0.6 is 0 Å². The highest BCUT2D eigenvalue weighted by Gasteiger charge is 2.45. The fourth-order valence-electron chi connectivity index (χ4n) is 1.65. The van der Waals surface area contributed by atoms with Crippen LogP contribution < -0.4 is 0 Å². The highest BCUT2D eigenvalue weighted by molar-refractivity contribution is 5.92. The number of rotatable bonds is 4. The summed E-state index contributed by atoms with van der Waals surface area (Å²) in [7, 11) is 0. The third kappa shape index (κ3) is 3.10. The summed E-state index contributed by atoms with van der Waals surface area (Å²) in [5.41, 5.74) is 0.281. The third-order valence-electron chi connectivity index (χ3n) is 2.90. The van der Waals surface area contributed by atoms with Crippen molar-refractivity contribution in [1.29, 1.82) is 0 Å². The predicted octanol–water partition coefficient (Wildman–Crippen LogP) is 1.20. The summed E-state index contributed by atoms with van der Waals surface area (Å²) in [6.07, 6.45) is 0.274. The fraction of sp³-hybridized carbons (Fsp3) is 0.692. The summed E-state index contributed by atoms with van der Waals surface area (Å²) in [5, 5.41) is 9.39. The van der Waals surface area contributed by atoms with Crippen molar-refractivity contribution in [2.75, 3.05) is 13.2 Å². The molecule has 1 atom stereocenters. The second-order valence-corrected chi connectivity index (χ2v) is 5.15. The lowest BCUT2D eigenvalue weighted by atomic mass is 9.97. The number of esters is 2. The number of hydrogen-bond donors (Lipinski definition) is 1. The van der Waals surface area contributed by atoms with E-state index in [0.717, 1.165) is 5.57 Å². The first-order chi connectivity index (χ1) is 8.31. The molecule has 1 N–H and O–H groups in total. The average molecular weight is 256 g/mol. The molecule has 102 valence electrons. The van der Waals surface area contributed by atoms with Gasteiger partial charge in [-0.25, -0.2) is 4.79 Å². The second-order valence-electron chi connectivity index (χ2n) is 5.15. The van der Waals surface area contributed by atoms with Gasteiger partial charge in [-0.2, -0.15) is 0 Å². The Kier molecular flexibility index (Phi) is 4.51. The topological polar surface area (TPSA) is 72.8 Å². The molecule has 18 heavy (non-hydrogen) atoms. The number of cyclic esters (lactones) is 1. The van der Waals surface area contributed by atoms with E-state index < -0.39 is 11.6 Å². The summed E-state index contributed by atoms with van der Waals surface area (Å²) in [5.74, 6) is -1.06. The normalized spacial score (nSPS) is 23.2. The van der Waals surface area contributed by atoms with Gasteiger partial charge in [0.1, 0.15) is 6.61 Å². The van der Waals surface area contributed by atoms with Crippen molar-refractivity contribution in [2.45, 2.75) is 39.7 Å². The Hall–Kier alpha value is -1.36. The summed E-state index contributed by atoms with van der Waals surface area (Å²) in [6.45, 7) is 6.59. The molecule has 0 amide bonds. The maximum Gasteiger partial charge on any atom is 0.334 e. The monoisotopic (exact) mass is 256 g/mol. The highest BCUT2D eigenvalue weighted by Crippen LogP contribution is 2.32. The van der Waals surface area contributed by atoms with Gasteiger partial charge in [0.15, 0.2) is 5.60 Å². The van der Waals surface area contributed by atoms with E-state index in [0.29, 0.717) is 5.57 Å². The van der Waals surface area contributed by atoms with E-state index in [-0.39, 0.29) is 31.5 Å². The highest BCUT2D eigenvalue weighted by atomic mass is 16.6. The van der Waals surface area contributed by atoms with E-state index in [2.05, 4.69) is 0 Å². The molecule has 1 rings (SSSR count). The van der Waals surface area contributed by atoms with Crippen LogP contribution in [0.15, 0.2) is 11.1 Å². The first-order valence-electron chi connectivity index (χ1n) is 5.98. The number of aliphatic hydroxyl groups excluding tert-OH is 1. The van der Waals surface area contributed by atoms with Crippen LogP contribution in [0.2, 0.25) is 0 Å². The van der Waals surface area contributed by atoms with Crippen LogP contribution in [0, 0.1) is 5.92 Å². The Labute approximate surface area is 107 Å². The van der Waals surface area contributed by atoms with Crippen molar-refractivity contribution in [3.63, 3.8) is 0 Å². The molecule has 0 spiro atoms. The van der Waals surface area contributed by atoms with E-state index in [1.807, 2.05) is 13.8 Å². The summed E-state index contributed by atoms with van der Waals surface area (Å²) in [4.78, 5) is 23.0. The van der Waals surface area contributed by atoms with Crippen LogP contribution in [-0.2, 0) is 19.1 Å². The number of hydrogen-bond acceptors (Lipinski definition) is 5. The SMILES string of the molecule is CC(C)=C1CC(CO)(COC(=O)C(C)C)OC1=O. The smallest absolute Gasteiger partial charge is 0.334 e. The average Bonchev–Trinajstić information content (AvgIpc) is 2.64. The van der Waals surface area contributed by atoms with E-state index in [1.54, 1.807) is 13.8 Å². The molecule has 1 unspecified atom stereocenters. The largest absolute Gasteiger partial charge is 0.461 e. The zero-order chi connectivity index (χ0) is 13.9. The van der Waals surface area contributed by atoms with Crippen molar-refractivity contribution in [2.24, 2.45) is 5.92 Å². The lowest BCUT2D eigenvalue weighted by Gasteiger charge is -2.24. The van der Waals surface area contributed by atoms with Gasteiger partial charge < -0.3 is 14.6 Å². The summed E-state index contributed by atoms with van der Waals surface area (Å²) >= 11 is 0. The third-order valence-corrected chi connectivity index (χ3v) is 2.90. The standard InChI is InChI=1S/C13H20O5/c1-8(2)10-5-13(6-14,18-12(10)16)7-17-11(15)9(3)4/h9,14H,5-7H2,1-4H3. The van der Waals surface area contributed by atoms with Gasteiger partial charge in [0.25, 0.3) is 0 Å². The van der Waals surface area contributed by atoms with E-state index in [9.17, 15) is 14.7 Å². The first kappa shape index (κ1) is 14.7. The molecular formula is C13H20O5. The molecule has 1 heterocycles. The number of carbonyl (C=O) groups excluding carboxylic acids is 2. The Morgan fingerprint density at radius 3 is 2.50 bits per heavy atom. The molecule has 0 saturated carbocycles. The molecule has 0 aromatic rings. The van der Waals surface area contributed by atoms with E-state index in [1.165, 1.54) is 0 Å². The van der Waals surface area contributed by atoms with Crippen molar-refractivity contribution in [1.82, 2.24) is 0 Å². The Balaban J connectivity index is 2.75. The summed E-state index contributed by atoms with van der Waals surface area (Å²) < 4.78 is 10.2. The molecule has 0 aromatic heterocycles. The second kappa shape index (κ2) is 5.52. The molecule has 0 bridgehead atoms. The quantitative estimate of drug-likeness (QED) is 0.604. The molecule has 1 fully saturated rings. The maximum atomic E-state index is 11.6. The van der Waals surface area contributed by atoms with Gasteiger partial charge in [-0.3, -0.25) is 4.79 Å². The zero-order valence-corrected chi connectivity index (χ0v) is 11.3. The van der Waals surface area contributed by atoms with Gasteiger partial charge in [0, 0.05) is 12.0 Å². The first-order valence-corrected chi connectivity index (χ1v) is 5.98. The molecule has 1 saturated heterocycles. The molecular weight excluding hydrogens is 236 g/mol. The van der Waals surface area contributed by atoms with Crippen molar-refractivity contribution in [3.8, 4) is 0 Å². The van der Waals surface area contributed by atoms with Gasteiger partial charge in [-0.05, 0) is 13.8 Å². The van der Waals surface area contributed by atoms with E-state index >= 15 is 0 Å². The number of carbonyl (C=O) groups is 2. The van der Waals surface area contributed by atoms with Gasteiger partial charge in [0.05, 0.1) is 12.5 Å². The van der Waals surface area contributed by atoms with Crippen molar-refractivity contribution < 1.29 is 24.2 Å². The van der Waals surface area contributed by atoms with Gasteiger partial charge in [-0.1, -0.05) is 19.4 Å². The molecule has 1 aliphatic heterocycles. The van der Waals surface area contributed by atoms with Gasteiger partial charge in [0.2, 0.25) is 0 Å². The Morgan fingerprint density at radius 1 is 1.50 bits per heavy atom. The van der Waals surface area contributed by atoms with Crippen molar-refractivity contribution >= 4 is 11.9 Å². The Bertz CT molecular complexity index is 379. The minimum absolute atomic E-state index is 0.108. The molecule has 5 heteroatoms. The Morgan fingerprint density at radius 2 is 2.11 bits per heavy atom. The summed E-state index contributed by atoms with van der Waals surface area (Å²) in [6, 6.07) is 0. The molecule has 1 aliphatic rings. The van der Waals surface area contributed by atoms with Crippen molar-refractivity contribution in [3.05, 3.63) is 11.1 Å². The number of allylic oxidation sites excluding steroid dienone is 1. The molecule has 5 nitrogen and oxygen atoms in total.